The molecule has 0 amide bonds. The van der Waals surface area contributed by atoms with Crippen molar-refractivity contribution in [2.24, 2.45) is 0 Å². The van der Waals surface area contributed by atoms with Crippen molar-refractivity contribution in [3.05, 3.63) is 75.4 Å². The third-order valence-corrected chi connectivity index (χ3v) is 6.22. The maximum absolute atomic E-state index is 13.6. The zero-order valence-corrected chi connectivity index (χ0v) is 18.0. The molecule has 30 heavy (non-hydrogen) atoms. The molecule has 4 nitrogen and oxygen atoms in total. The SMILES string of the molecule is CCc1ccc(-c2csc3nc(-c4ccc(C)cc4)n(CCCC#N)c(=O)c23)cc1. The summed E-state index contributed by atoms with van der Waals surface area (Å²) in [6.07, 6.45) is 2.01. The lowest BCUT2D eigenvalue weighted by Crippen LogP contribution is -2.23. The molecule has 2 aromatic carbocycles. The van der Waals surface area contributed by atoms with Gasteiger partial charge >= 0.3 is 0 Å². The van der Waals surface area contributed by atoms with Crippen LogP contribution in [-0.4, -0.2) is 9.55 Å². The van der Waals surface area contributed by atoms with Crippen LogP contribution in [-0.2, 0) is 13.0 Å². The number of thiophene rings is 1. The van der Waals surface area contributed by atoms with Crippen LogP contribution in [0.2, 0.25) is 0 Å². The second-order valence-electron chi connectivity index (χ2n) is 7.40. The first-order chi connectivity index (χ1) is 14.6. The van der Waals surface area contributed by atoms with Gasteiger partial charge in [-0.05, 0) is 30.9 Å². The number of rotatable bonds is 6. The van der Waals surface area contributed by atoms with Crippen LogP contribution in [0, 0.1) is 18.3 Å². The predicted molar refractivity (Wildman–Crippen MR) is 124 cm³/mol. The van der Waals surface area contributed by atoms with Crippen LogP contribution in [0.25, 0.3) is 32.7 Å². The number of aromatic nitrogens is 2. The Balaban J connectivity index is 1.90. The van der Waals surface area contributed by atoms with Gasteiger partial charge in [-0.3, -0.25) is 9.36 Å². The smallest absolute Gasteiger partial charge is 0.263 e. The topological polar surface area (TPSA) is 58.7 Å². The monoisotopic (exact) mass is 413 g/mol. The highest BCUT2D eigenvalue weighted by atomic mass is 32.1. The van der Waals surface area contributed by atoms with Gasteiger partial charge in [-0.25, -0.2) is 4.98 Å². The van der Waals surface area contributed by atoms with Crippen LogP contribution in [0.5, 0.6) is 0 Å². The van der Waals surface area contributed by atoms with Gasteiger partial charge < -0.3 is 0 Å². The fourth-order valence-corrected chi connectivity index (χ4v) is 4.54. The molecule has 2 heterocycles. The molecule has 0 bridgehead atoms. The Bertz CT molecular complexity index is 1280. The molecule has 2 aromatic heterocycles. The average Bonchev–Trinajstić information content (AvgIpc) is 3.20. The van der Waals surface area contributed by atoms with E-state index in [9.17, 15) is 4.79 Å². The molecule has 4 rings (SSSR count). The summed E-state index contributed by atoms with van der Waals surface area (Å²) in [4.78, 5) is 19.3. The lowest BCUT2D eigenvalue weighted by molar-refractivity contribution is 0.634. The molecule has 0 atom stereocenters. The van der Waals surface area contributed by atoms with Gasteiger partial charge in [0, 0.05) is 29.5 Å². The molecule has 0 saturated heterocycles. The minimum Gasteiger partial charge on any atom is -0.292 e. The minimum atomic E-state index is -0.0377. The van der Waals surface area contributed by atoms with E-state index in [1.54, 1.807) is 4.57 Å². The summed E-state index contributed by atoms with van der Waals surface area (Å²) in [5.41, 5.74) is 5.27. The van der Waals surface area contributed by atoms with Crippen molar-refractivity contribution < 1.29 is 0 Å². The van der Waals surface area contributed by atoms with Crippen LogP contribution >= 0.6 is 11.3 Å². The highest BCUT2D eigenvalue weighted by molar-refractivity contribution is 7.17. The van der Waals surface area contributed by atoms with E-state index in [4.69, 9.17) is 10.2 Å². The molecule has 0 aliphatic heterocycles. The number of unbranched alkanes of at least 4 members (excludes halogenated alkanes) is 1. The zero-order valence-electron chi connectivity index (χ0n) is 17.2. The number of benzene rings is 2. The van der Waals surface area contributed by atoms with Crippen LogP contribution in [0.15, 0.2) is 58.7 Å². The average molecular weight is 414 g/mol. The Morgan fingerprint density at radius 2 is 1.77 bits per heavy atom. The van der Waals surface area contributed by atoms with E-state index >= 15 is 0 Å². The standard InChI is InChI=1S/C25H23N3OS/c1-3-18-8-12-19(13-9-18)21-16-30-24-22(21)25(29)28(15-5-4-14-26)23(27-24)20-10-6-17(2)7-11-20/h6-13,16H,3-5,15H2,1-2H3. The summed E-state index contributed by atoms with van der Waals surface area (Å²) >= 11 is 1.51. The second kappa shape index (κ2) is 8.64. The summed E-state index contributed by atoms with van der Waals surface area (Å²) in [6, 6.07) is 18.6. The number of fused-ring (bicyclic) bond motifs is 1. The second-order valence-corrected chi connectivity index (χ2v) is 8.26. The number of hydrogen-bond acceptors (Lipinski definition) is 4. The third-order valence-electron chi connectivity index (χ3n) is 5.35. The molecule has 0 aliphatic carbocycles. The summed E-state index contributed by atoms with van der Waals surface area (Å²) in [5, 5.41) is 11.6. The van der Waals surface area contributed by atoms with Crippen LogP contribution in [0.3, 0.4) is 0 Å². The molecule has 5 heteroatoms. The largest absolute Gasteiger partial charge is 0.292 e. The summed E-state index contributed by atoms with van der Waals surface area (Å²) < 4.78 is 1.74. The number of nitriles is 1. The van der Waals surface area contributed by atoms with Crippen molar-refractivity contribution in [1.82, 2.24) is 9.55 Å². The molecule has 0 unspecified atom stereocenters. The first kappa shape index (κ1) is 20.1. The fourth-order valence-electron chi connectivity index (χ4n) is 3.60. The van der Waals surface area contributed by atoms with Gasteiger partial charge in [0.25, 0.3) is 5.56 Å². The molecule has 0 spiro atoms. The summed E-state index contributed by atoms with van der Waals surface area (Å²) in [7, 11) is 0. The van der Waals surface area contributed by atoms with Crippen molar-refractivity contribution in [2.45, 2.75) is 39.7 Å². The van der Waals surface area contributed by atoms with E-state index in [0.29, 0.717) is 30.6 Å². The van der Waals surface area contributed by atoms with Gasteiger partial charge in [0.2, 0.25) is 0 Å². The predicted octanol–water partition coefficient (Wildman–Crippen LogP) is 5.97. The van der Waals surface area contributed by atoms with Gasteiger partial charge in [0.1, 0.15) is 10.7 Å². The Morgan fingerprint density at radius 1 is 1.07 bits per heavy atom. The quantitative estimate of drug-likeness (QED) is 0.366. The van der Waals surface area contributed by atoms with Crippen molar-refractivity contribution in [3.8, 4) is 28.6 Å². The lowest BCUT2D eigenvalue weighted by Gasteiger charge is -2.13. The van der Waals surface area contributed by atoms with E-state index < -0.39 is 0 Å². The van der Waals surface area contributed by atoms with Crippen LogP contribution in [0.4, 0.5) is 0 Å². The third kappa shape index (κ3) is 3.79. The van der Waals surface area contributed by atoms with Gasteiger partial charge in [-0.1, -0.05) is 61.0 Å². The highest BCUT2D eigenvalue weighted by Crippen LogP contribution is 2.32. The first-order valence-electron chi connectivity index (χ1n) is 10.2. The minimum absolute atomic E-state index is 0.0377. The number of hydrogen-bond donors (Lipinski definition) is 0. The molecular formula is C25H23N3OS. The Morgan fingerprint density at radius 3 is 2.43 bits per heavy atom. The van der Waals surface area contributed by atoms with Crippen LogP contribution < -0.4 is 5.56 Å². The van der Waals surface area contributed by atoms with Crippen molar-refractivity contribution in [3.63, 3.8) is 0 Å². The summed E-state index contributed by atoms with van der Waals surface area (Å²) in [6.45, 7) is 4.64. The molecule has 150 valence electrons. The summed E-state index contributed by atoms with van der Waals surface area (Å²) in [5.74, 6) is 0.667. The number of nitrogens with zero attached hydrogens (tertiary/aromatic N) is 3. The molecule has 0 saturated carbocycles. The van der Waals surface area contributed by atoms with Gasteiger partial charge in [0.15, 0.2) is 0 Å². The normalized spacial score (nSPS) is 11.0. The van der Waals surface area contributed by atoms with E-state index in [1.165, 1.54) is 16.9 Å². The number of aryl methyl sites for hydroxylation is 2. The van der Waals surface area contributed by atoms with Crippen LogP contribution in [0.1, 0.15) is 30.9 Å². The maximum Gasteiger partial charge on any atom is 0.263 e. The molecule has 0 radical (unpaired) electrons. The van der Waals surface area contributed by atoms with E-state index in [0.717, 1.165) is 33.5 Å². The Labute approximate surface area is 180 Å². The van der Waals surface area contributed by atoms with Crippen molar-refractivity contribution in [1.29, 1.82) is 5.26 Å². The molecule has 0 fully saturated rings. The van der Waals surface area contributed by atoms with Gasteiger partial charge in [-0.2, -0.15) is 5.26 Å². The Kier molecular flexibility index (Phi) is 5.78. The molecule has 0 N–H and O–H groups in total. The van der Waals surface area contributed by atoms with Crippen molar-refractivity contribution >= 4 is 21.6 Å². The lowest BCUT2D eigenvalue weighted by atomic mass is 10.0. The molecule has 0 aliphatic rings. The zero-order chi connectivity index (χ0) is 21.1. The van der Waals surface area contributed by atoms with E-state index in [-0.39, 0.29) is 5.56 Å². The fraction of sp³-hybridized carbons (Fsp3) is 0.240. The van der Waals surface area contributed by atoms with E-state index in [2.05, 4.69) is 37.3 Å². The molecule has 4 aromatic rings. The Hall–Kier alpha value is -3.23. The van der Waals surface area contributed by atoms with E-state index in [1.807, 2.05) is 36.6 Å². The maximum atomic E-state index is 13.6. The van der Waals surface area contributed by atoms with Gasteiger partial charge in [0.05, 0.1) is 11.5 Å². The molecular weight excluding hydrogens is 390 g/mol. The van der Waals surface area contributed by atoms with Crippen molar-refractivity contribution in [2.75, 3.05) is 0 Å². The van der Waals surface area contributed by atoms with Gasteiger partial charge in [-0.15, -0.1) is 11.3 Å². The highest BCUT2D eigenvalue weighted by Gasteiger charge is 2.18. The first-order valence-corrected chi connectivity index (χ1v) is 11.1.